The van der Waals surface area contributed by atoms with Gasteiger partial charge in [-0.2, -0.15) is 0 Å². The number of hydrogen-bond donors (Lipinski definition) is 0. The van der Waals surface area contributed by atoms with Gasteiger partial charge in [-0.3, -0.25) is 4.79 Å². The average Bonchev–Trinajstić information content (AvgIpc) is 3.34. The minimum atomic E-state index is -0.476. The summed E-state index contributed by atoms with van der Waals surface area (Å²) in [6.07, 6.45) is 0. The highest BCUT2D eigenvalue weighted by Gasteiger charge is 2.22. The molecule has 0 bridgehead atoms. The fraction of sp³-hybridized carbons (Fsp3) is 0.190. The Hall–Kier alpha value is -2.77. The molecule has 0 fully saturated rings. The first-order valence-corrected chi connectivity index (χ1v) is 10.4. The van der Waals surface area contributed by atoms with Crippen LogP contribution in [0.2, 0.25) is 0 Å². The molecule has 0 saturated carbocycles. The summed E-state index contributed by atoms with van der Waals surface area (Å²) in [5, 5.41) is 1.85. The summed E-state index contributed by atoms with van der Waals surface area (Å²) >= 11 is 2.93. The standard InChI is InChI=1S/C21H18N2O3S2/c1-13(20-22-15-8-4-6-10-17(15)28-20)23(2)19(24)12-26-21(25)18-11-14-7-3-5-9-16(14)27-18/h3-11,13H,12H2,1-2H3/t13-/m1/s1. The highest BCUT2D eigenvalue weighted by atomic mass is 32.1. The quantitative estimate of drug-likeness (QED) is 0.440. The lowest BCUT2D eigenvalue weighted by atomic mass is 10.2. The third-order valence-electron chi connectivity index (χ3n) is 4.60. The number of likely N-dealkylation sites (N-methyl/N-ethyl adjacent to an activating group) is 1. The molecule has 0 N–H and O–H groups in total. The lowest BCUT2D eigenvalue weighted by Crippen LogP contribution is -2.33. The molecule has 0 aliphatic heterocycles. The van der Waals surface area contributed by atoms with Crippen LogP contribution in [0.3, 0.4) is 0 Å². The molecule has 0 saturated heterocycles. The van der Waals surface area contributed by atoms with Gasteiger partial charge in [-0.25, -0.2) is 9.78 Å². The Morgan fingerprint density at radius 3 is 2.54 bits per heavy atom. The van der Waals surface area contributed by atoms with Gasteiger partial charge in [0, 0.05) is 11.7 Å². The van der Waals surface area contributed by atoms with Gasteiger partial charge < -0.3 is 9.64 Å². The maximum Gasteiger partial charge on any atom is 0.348 e. The minimum absolute atomic E-state index is 0.201. The molecule has 0 unspecified atom stereocenters. The van der Waals surface area contributed by atoms with Crippen LogP contribution in [0.4, 0.5) is 0 Å². The number of rotatable bonds is 5. The van der Waals surface area contributed by atoms with E-state index in [1.54, 1.807) is 29.4 Å². The Balaban J connectivity index is 1.40. The second kappa shape index (κ2) is 7.69. The predicted molar refractivity (Wildman–Crippen MR) is 113 cm³/mol. The summed E-state index contributed by atoms with van der Waals surface area (Å²) in [6.45, 7) is 1.63. The van der Waals surface area contributed by atoms with Crippen molar-refractivity contribution in [3.05, 3.63) is 64.5 Å². The van der Waals surface area contributed by atoms with Crippen LogP contribution in [0.15, 0.2) is 54.6 Å². The molecule has 7 heteroatoms. The van der Waals surface area contributed by atoms with Gasteiger partial charge in [0.1, 0.15) is 9.88 Å². The summed E-state index contributed by atoms with van der Waals surface area (Å²) in [5.41, 5.74) is 0.923. The molecule has 4 rings (SSSR count). The molecular weight excluding hydrogens is 392 g/mol. The molecule has 5 nitrogen and oxygen atoms in total. The fourth-order valence-electron chi connectivity index (χ4n) is 2.83. The Morgan fingerprint density at radius 2 is 1.79 bits per heavy atom. The van der Waals surface area contributed by atoms with Gasteiger partial charge in [0.05, 0.1) is 16.3 Å². The first-order chi connectivity index (χ1) is 13.5. The predicted octanol–water partition coefficient (Wildman–Crippen LogP) is 4.89. The molecule has 0 aliphatic carbocycles. The Morgan fingerprint density at radius 1 is 1.07 bits per heavy atom. The molecule has 2 heterocycles. The van der Waals surface area contributed by atoms with Gasteiger partial charge >= 0.3 is 5.97 Å². The maximum absolute atomic E-state index is 12.5. The van der Waals surface area contributed by atoms with E-state index in [-0.39, 0.29) is 18.6 Å². The monoisotopic (exact) mass is 410 g/mol. The van der Waals surface area contributed by atoms with E-state index in [2.05, 4.69) is 4.98 Å². The van der Waals surface area contributed by atoms with Gasteiger partial charge in [0.15, 0.2) is 6.61 Å². The van der Waals surface area contributed by atoms with Crippen LogP contribution < -0.4 is 0 Å². The summed E-state index contributed by atoms with van der Waals surface area (Å²) < 4.78 is 7.35. The van der Waals surface area contributed by atoms with Crippen molar-refractivity contribution in [2.75, 3.05) is 13.7 Å². The van der Waals surface area contributed by atoms with Crippen molar-refractivity contribution < 1.29 is 14.3 Å². The maximum atomic E-state index is 12.5. The Labute approximate surface area is 170 Å². The molecule has 1 atom stereocenters. The minimum Gasteiger partial charge on any atom is -0.451 e. The zero-order valence-electron chi connectivity index (χ0n) is 15.4. The summed E-state index contributed by atoms with van der Waals surface area (Å²) in [7, 11) is 1.70. The number of carbonyl (C=O) groups is 2. The second-order valence-corrected chi connectivity index (χ2v) is 8.57. The number of hydrogen-bond acceptors (Lipinski definition) is 6. The first-order valence-electron chi connectivity index (χ1n) is 8.80. The molecule has 0 aliphatic rings. The molecule has 2 aromatic carbocycles. The lowest BCUT2D eigenvalue weighted by molar-refractivity contribution is -0.135. The van der Waals surface area contributed by atoms with E-state index in [0.717, 1.165) is 25.3 Å². The molecular formula is C21H18N2O3S2. The molecule has 2 aromatic heterocycles. The molecule has 0 radical (unpaired) electrons. The number of nitrogens with zero attached hydrogens (tertiary/aromatic N) is 2. The van der Waals surface area contributed by atoms with E-state index in [0.29, 0.717) is 4.88 Å². The molecule has 142 valence electrons. The van der Waals surface area contributed by atoms with Crippen LogP contribution in [0.5, 0.6) is 0 Å². The zero-order valence-corrected chi connectivity index (χ0v) is 17.0. The third kappa shape index (κ3) is 3.63. The summed E-state index contributed by atoms with van der Waals surface area (Å²) in [6, 6.07) is 17.2. The van der Waals surface area contributed by atoms with Crippen molar-refractivity contribution in [1.29, 1.82) is 0 Å². The van der Waals surface area contributed by atoms with Gasteiger partial charge in [0.25, 0.3) is 5.91 Å². The summed E-state index contributed by atoms with van der Waals surface area (Å²) in [4.78, 5) is 31.5. The van der Waals surface area contributed by atoms with Gasteiger partial charge in [-0.1, -0.05) is 30.3 Å². The van der Waals surface area contributed by atoms with Gasteiger partial charge in [-0.15, -0.1) is 22.7 Å². The van der Waals surface area contributed by atoms with E-state index in [4.69, 9.17) is 4.74 Å². The van der Waals surface area contributed by atoms with E-state index < -0.39 is 5.97 Å². The number of para-hydroxylation sites is 1. The largest absolute Gasteiger partial charge is 0.451 e. The van der Waals surface area contributed by atoms with Crippen LogP contribution in [-0.4, -0.2) is 35.4 Å². The van der Waals surface area contributed by atoms with Crippen molar-refractivity contribution in [3.63, 3.8) is 0 Å². The highest BCUT2D eigenvalue weighted by molar-refractivity contribution is 7.20. The highest BCUT2D eigenvalue weighted by Crippen LogP contribution is 2.29. The van der Waals surface area contributed by atoms with E-state index in [1.165, 1.54) is 11.3 Å². The van der Waals surface area contributed by atoms with E-state index in [1.807, 2.05) is 55.5 Å². The second-order valence-electron chi connectivity index (χ2n) is 6.43. The van der Waals surface area contributed by atoms with E-state index in [9.17, 15) is 9.59 Å². The molecule has 4 aromatic rings. The Bertz CT molecular complexity index is 1100. The van der Waals surface area contributed by atoms with Crippen molar-refractivity contribution >= 4 is 54.9 Å². The number of fused-ring (bicyclic) bond motifs is 2. The SMILES string of the molecule is C[C@H](c1nc2ccccc2s1)N(C)C(=O)COC(=O)c1cc2ccccc2s1. The fourth-order valence-corrected chi connectivity index (χ4v) is 4.85. The van der Waals surface area contributed by atoms with Gasteiger partial charge in [-0.05, 0) is 36.6 Å². The average molecular weight is 411 g/mol. The topological polar surface area (TPSA) is 59.5 Å². The van der Waals surface area contributed by atoms with Crippen LogP contribution in [0.1, 0.15) is 27.6 Å². The summed E-state index contributed by atoms with van der Waals surface area (Å²) in [5.74, 6) is -0.739. The van der Waals surface area contributed by atoms with Crippen LogP contribution in [-0.2, 0) is 9.53 Å². The molecule has 28 heavy (non-hydrogen) atoms. The number of aromatic nitrogens is 1. The number of thiazole rings is 1. The van der Waals surface area contributed by atoms with Crippen LogP contribution >= 0.6 is 22.7 Å². The number of amides is 1. The number of ether oxygens (including phenoxy) is 1. The number of carbonyl (C=O) groups excluding carboxylic acids is 2. The van der Waals surface area contributed by atoms with Crippen LogP contribution in [0.25, 0.3) is 20.3 Å². The number of thiophene rings is 1. The van der Waals surface area contributed by atoms with Crippen molar-refractivity contribution in [1.82, 2.24) is 9.88 Å². The van der Waals surface area contributed by atoms with Gasteiger partial charge in [0.2, 0.25) is 0 Å². The number of esters is 1. The molecule has 0 spiro atoms. The number of benzene rings is 2. The van der Waals surface area contributed by atoms with E-state index >= 15 is 0 Å². The smallest absolute Gasteiger partial charge is 0.348 e. The Kier molecular flexibility index (Phi) is 5.11. The first kappa shape index (κ1) is 18.6. The van der Waals surface area contributed by atoms with Crippen molar-refractivity contribution in [2.45, 2.75) is 13.0 Å². The third-order valence-corrected chi connectivity index (χ3v) is 6.90. The normalized spacial score (nSPS) is 12.2. The van der Waals surface area contributed by atoms with Crippen molar-refractivity contribution in [2.24, 2.45) is 0 Å². The molecule has 1 amide bonds. The van der Waals surface area contributed by atoms with Crippen molar-refractivity contribution in [3.8, 4) is 0 Å². The lowest BCUT2D eigenvalue weighted by Gasteiger charge is -2.22. The zero-order chi connectivity index (χ0) is 19.7. The van der Waals surface area contributed by atoms with Crippen LogP contribution in [0, 0.1) is 0 Å².